The Bertz CT molecular complexity index is 382. The van der Waals surface area contributed by atoms with E-state index in [4.69, 9.17) is 0 Å². The molecule has 0 atom stereocenters. The van der Waals surface area contributed by atoms with Crippen LogP contribution < -0.4 is 5.32 Å². The van der Waals surface area contributed by atoms with Crippen molar-refractivity contribution in [1.29, 1.82) is 0 Å². The van der Waals surface area contributed by atoms with Crippen LogP contribution in [0.2, 0.25) is 0 Å². The minimum Gasteiger partial charge on any atom is -0.355 e. The number of amides is 1. The Labute approximate surface area is 95.9 Å². The highest BCUT2D eigenvalue weighted by molar-refractivity contribution is 5.93. The Morgan fingerprint density at radius 2 is 2.19 bits per heavy atom. The molecule has 16 heavy (non-hydrogen) atoms. The predicted octanol–water partition coefficient (Wildman–Crippen LogP) is 1.87. The molecule has 0 bridgehead atoms. The lowest BCUT2D eigenvalue weighted by Gasteiger charge is -2.03. The number of carbonyl (C=O) groups excluding carboxylic acids is 1. The maximum Gasteiger partial charge on any atom is 0.246 e. The fourth-order valence-electron chi connectivity index (χ4n) is 1.34. The Kier molecular flexibility index (Phi) is 4.99. The van der Waals surface area contributed by atoms with E-state index in [9.17, 15) is 4.79 Å². The van der Waals surface area contributed by atoms with Gasteiger partial charge >= 0.3 is 0 Å². The lowest BCUT2D eigenvalue weighted by molar-refractivity contribution is -0.117. The fourth-order valence-corrected chi connectivity index (χ4v) is 1.34. The van der Waals surface area contributed by atoms with E-state index in [-0.39, 0.29) is 5.91 Å². The average Bonchev–Trinajstić information content (AvgIpc) is 2.34. The zero-order valence-corrected chi connectivity index (χ0v) is 9.44. The molecule has 0 fully saturated rings. The van der Waals surface area contributed by atoms with Gasteiger partial charge < -0.3 is 5.32 Å². The summed E-state index contributed by atoms with van der Waals surface area (Å²) in [6.07, 6.45) is 8.47. The van der Waals surface area contributed by atoms with Crippen molar-refractivity contribution in [1.82, 2.24) is 10.3 Å². The molecule has 1 aromatic rings. The van der Waals surface area contributed by atoms with E-state index in [0.717, 1.165) is 17.6 Å². The first-order chi connectivity index (χ1) is 7.77. The second kappa shape index (κ2) is 6.56. The number of carbonyl (C=O) groups is 1. The van der Waals surface area contributed by atoms with Gasteiger partial charge in [-0.2, -0.15) is 0 Å². The first kappa shape index (κ1) is 12.2. The lowest BCUT2D eigenvalue weighted by Crippen LogP contribution is -2.19. The zero-order chi connectivity index (χ0) is 11.8. The Morgan fingerprint density at radius 3 is 2.75 bits per heavy atom. The highest BCUT2D eigenvalue weighted by Gasteiger charge is 2.04. The molecule has 3 heteroatoms. The van der Waals surface area contributed by atoms with Crippen LogP contribution in [0.4, 0.5) is 0 Å². The van der Waals surface area contributed by atoms with Gasteiger partial charge in [-0.05, 0) is 30.5 Å². The fraction of sp³-hybridized carbons (Fsp3) is 0.231. The standard InChI is InChI=1S/C13H16N2O/c1-3-4-12(13(16)14-2)6-5-11-7-9-15-10-8-11/h3,6-10H,1,4-5H2,2H3,(H,14,16)/b12-6-. The maximum atomic E-state index is 11.5. The topological polar surface area (TPSA) is 42.0 Å². The van der Waals surface area contributed by atoms with Crippen LogP contribution in [0.15, 0.2) is 48.8 Å². The highest BCUT2D eigenvalue weighted by Crippen LogP contribution is 2.06. The van der Waals surface area contributed by atoms with Crippen molar-refractivity contribution in [3.63, 3.8) is 0 Å². The molecular formula is C13H16N2O. The summed E-state index contributed by atoms with van der Waals surface area (Å²) in [5, 5.41) is 2.62. The van der Waals surface area contributed by atoms with E-state index in [1.54, 1.807) is 25.5 Å². The van der Waals surface area contributed by atoms with Crippen molar-refractivity contribution in [3.05, 3.63) is 54.4 Å². The van der Waals surface area contributed by atoms with Gasteiger partial charge in [-0.25, -0.2) is 0 Å². The molecule has 0 spiro atoms. The van der Waals surface area contributed by atoms with E-state index < -0.39 is 0 Å². The van der Waals surface area contributed by atoms with Crippen LogP contribution in [0.25, 0.3) is 0 Å². The van der Waals surface area contributed by atoms with Gasteiger partial charge in [0.2, 0.25) is 5.91 Å². The number of rotatable bonds is 5. The first-order valence-electron chi connectivity index (χ1n) is 5.19. The van der Waals surface area contributed by atoms with E-state index in [1.807, 2.05) is 18.2 Å². The molecule has 0 aliphatic rings. The van der Waals surface area contributed by atoms with Crippen molar-refractivity contribution < 1.29 is 4.79 Å². The van der Waals surface area contributed by atoms with Crippen molar-refractivity contribution in [2.45, 2.75) is 12.8 Å². The summed E-state index contributed by atoms with van der Waals surface area (Å²) in [6.45, 7) is 3.64. The summed E-state index contributed by atoms with van der Waals surface area (Å²) in [5.74, 6) is -0.0473. The molecule has 0 aromatic carbocycles. The number of nitrogens with zero attached hydrogens (tertiary/aromatic N) is 1. The third kappa shape index (κ3) is 3.69. The summed E-state index contributed by atoms with van der Waals surface area (Å²) in [6, 6.07) is 3.87. The molecule has 0 aliphatic heterocycles. The molecule has 1 aromatic heterocycles. The summed E-state index contributed by atoms with van der Waals surface area (Å²) < 4.78 is 0. The van der Waals surface area contributed by atoms with Crippen LogP contribution in [-0.4, -0.2) is 17.9 Å². The number of hydrogen-bond acceptors (Lipinski definition) is 2. The van der Waals surface area contributed by atoms with Crippen LogP contribution in [-0.2, 0) is 11.2 Å². The van der Waals surface area contributed by atoms with Gasteiger partial charge in [-0.15, -0.1) is 6.58 Å². The molecule has 1 heterocycles. The van der Waals surface area contributed by atoms with E-state index in [2.05, 4.69) is 16.9 Å². The summed E-state index contributed by atoms with van der Waals surface area (Å²) in [4.78, 5) is 15.4. The van der Waals surface area contributed by atoms with Crippen molar-refractivity contribution >= 4 is 5.91 Å². The van der Waals surface area contributed by atoms with Crippen LogP contribution in [0.3, 0.4) is 0 Å². The number of aromatic nitrogens is 1. The van der Waals surface area contributed by atoms with Crippen molar-refractivity contribution in [2.24, 2.45) is 0 Å². The third-order valence-corrected chi connectivity index (χ3v) is 2.22. The monoisotopic (exact) mass is 216 g/mol. The summed E-state index contributed by atoms with van der Waals surface area (Å²) in [7, 11) is 1.63. The molecule has 1 N–H and O–H groups in total. The number of pyridine rings is 1. The maximum absolute atomic E-state index is 11.5. The quantitative estimate of drug-likeness (QED) is 0.603. The second-order valence-electron chi connectivity index (χ2n) is 3.36. The molecule has 3 nitrogen and oxygen atoms in total. The van der Waals surface area contributed by atoms with Gasteiger partial charge in [0.1, 0.15) is 0 Å². The number of likely N-dealkylation sites (N-methyl/N-ethyl adjacent to an activating group) is 1. The molecule has 0 saturated carbocycles. The van der Waals surface area contributed by atoms with Crippen LogP contribution in [0.1, 0.15) is 12.0 Å². The number of hydrogen-bond donors (Lipinski definition) is 1. The normalized spacial score (nSPS) is 10.9. The van der Waals surface area contributed by atoms with Crippen LogP contribution in [0.5, 0.6) is 0 Å². The molecule has 0 aliphatic carbocycles. The molecule has 0 unspecified atom stereocenters. The van der Waals surface area contributed by atoms with E-state index in [0.29, 0.717) is 6.42 Å². The van der Waals surface area contributed by atoms with Crippen LogP contribution >= 0.6 is 0 Å². The van der Waals surface area contributed by atoms with Gasteiger partial charge in [-0.1, -0.05) is 12.2 Å². The largest absolute Gasteiger partial charge is 0.355 e. The molecular weight excluding hydrogens is 200 g/mol. The Balaban J connectivity index is 2.71. The summed E-state index contributed by atoms with van der Waals surface area (Å²) in [5.41, 5.74) is 1.88. The Hall–Kier alpha value is -1.90. The third-order valence-electron chi connectivity index (χ3n) is 2.22. The average molecular weight is 216 g/mol. The van der Waals surface area contributed by atoms with Gasteiger partial charge in [0.25, 0.3) is 0 Å². The predicted molar refractivity (Wildman–Crippen MR) is 64.9 cm³/mol. The van der Waals surface area contributed by atoms with Gasteiger partial charge in [0, 0.05) is 25.0 Å². The molecule has 0 radical (unpaired) electrons. The summed E-state index contributed by atoms with van der Waals surface area (Å²) >= 11 is 0. The van der Waals surface area contributed by atoms with E-state index >= 15 is 0 Å². The highest BCUT2D eigenvalue weighted by atomic mass is 16.1. The van der Waals surface area contributed by atoms with Gasteiger partial charge in [0.15, 0.2) is 0 Å². The molecule has 84 valence electrons. The second-order valence-corrected chi connectivity index (χ2v) is 3.36. The van der Waals surface area contributed by atoms with Gasteiger partial charge in [-0.3, -0.25) is 9.78 Å². The lowest BCUT2D eigenvalue weighted by atomic mass is 10.1. The first-order valence-corrected chi connectivity index (χ1v) is 5.19. The van der Waals surface area contributed by atoms with Crippen molar-refractivity contribution in [3.8, 4) is 0 Å². The number of nitrogens with one attached hydrogen (secondary N) is 1. The molecule has 1 amide bonds. The van der Waals surface area contributed by atoms with Crippen molar-refractivity contribution in [2.75, 3.05) is 7.05 Å². The van der Waals surface area contributed by atoms with E-state index in [1.165, 1.54) is 0 Å². The molecule has 0 saturated heterocycles. The minimum absolute atomic E-state index is 0.0473. The smallest absolute Gasteiger partial charge is 0.246 e. The number of allylic oxidation sites excluding steroid dienone is 2. The minimum atomic E-state index is -0.0473. The van der Waals surface area contributed by atoms with Crippen LogP contribution in [0, 0.1) is 0 Å². The SMILES string of the molecule is C=CC/C(=C/Cc1ccncc1)C(=O)NC. The molecule has 1 rings (SSSR count). The Morgan fingerprint density at radius 1 is 1.50 bits per heavy atom. The van der Waals surface area contributed by atoms with Gasteiger partial charge in [0.05, 0.1) is 0 Å². The zero-order valence-electron chi connectivity index (χ0n) is 9.44.